The minimum atomic E-state index is 0.0694. The van der Waals surface area contributed by atoms with Crippen LogP contribution in [0.1, 0.15) is 0 Å². The molecule has 0 aliphatic rings. The Bertz CT molecular complexity index is 137. The van der Waals surface area contributed by atoms with E-state index in [1.165, 1.54) is 0 Å². The smallest absolute Gasteiger partial charge is 0.101 e. The first-order valence-corrected chi connectivity index (χ1v) is 5.87. The van der Waals surface area contributed by atoms with Gasteiger partial charge < -0.3 is 24.9 Å². The minimum Gasteiger partial charge on any atom is -0.395 e. The Hall–Kier alpha value is -0.240. The molecule has 0 aliphatic heterocycles. The summed E-state index contributed by atoms with van der Waals surface area (Å²) in [7, 11) is 6.16. The van der Waals surface area contributed by atoms with Gasteiger partial charge in [0, 0.05) is 19.6 Å². The fourth-order valence-corrected chi connectivity index (χ4v) is 1.06. The number of rotatable bonds is 8. The molecule has 17 heavy (non-hydrogen) atoms. The molecule has 6 heteroatoms. The van der Waals surface area contributed by atoms with Crippen molar-refractivity contribution >= 4 is 0 Å². The third-order valence-electron chi connectivity index (χ3n) is 2.02. The fourth-order valence-electron chi connectivity index (χ4n) is 1.06. The van der Waals surface area contributed by atoms with Crippen LogP contribution in [-0.2, 0) is 0 Å². The summed E-state index contributed by atoms with van der Waals surface area (Å²) in [5.41, 5.74) is 0. The van der Waals surface area contributed by atoms with Gasteiger partial charge in [0.05, 0.1) is 47.6 Å². The van der Waals surface area contributed by atoms with E-state index in [1.54, 1.807) is 4.90 Å². The zero-order valence-electron chi connectivity index (χ0n) is 11.3. The van der Waals surface area contributed by atoms with Crippen molar-refractivity contribution in [2.75, 3.05) is 73.7 Å². The van der Waals surface area contributed by atoms with Gasteiger partial charge in [0.1, 0.15) is 6.54 Å². The lowest BCUT2D eigenvalue weighted by molar-refractivity contribution is -0.870. The quantitative estimate of drug-likeness (QED) is 0.374. The van der Waals surface area contributed by atoms with E-state index < -0.39 is 0 Å². The van der Waals surface area contributed by atoms with E-state index in [0.717, 1.165) is 11.0 Å². The van der Waals surface area contributed by atoms with Gasteiger partial charge in [-0.2, -0.15) is 0 Å². The summed E-state index contributed by atoms with van der Waals surface area (Å²) in [5, 5.41) is 33.8. The molecule has 106 valence electrons. The van der Waals surface area contributed by atoms with Crippen LogP contribution >= 0.6 is 0 Å². The highest BCUT2D eigenvalue weighted by Crippen LogP contribution is 1.85. The lowest BCUT2D eigenvalue weighted by atomic mass is 10.4. The zero-order chi connectivity index (χ0) is 13.7. The fraction of sp³-hybridized carbons (Fsp3) is 1.00. The van der Waals surface area contributed by atoms with Crippen molar-refractivity contribution < 1.29 is 24.9 Å². The van der Waals surface area contributed by atoms with Crippen LogP contribution in [0.3, 0.4) is 0 Å². The second-order valence-corrected chi connectivity index (χ2v) is 4.75. The Labute approximate surface area is 104 Å². The largest absolute Gasteiger partial charge is 0.395 e. The van der Waals surface area contributed by atoms with Crippen molar-refractivity contribution in [3.63, 3.8) is 0 Å². The van der Waals surface area contributed by atoms with E-state index >= 15 is 0 Å². The predicted molar refractivity (Wildman–Crippen MR) is 67.7 cm³/mol. The molecule has 0 fully saturated rings. The van der Waals surface area contributed by atoms with Crippen molar-refractivity contribution in [2.45, 2.75) is 0 Å². The average molecular weight is 253 g/mol. The van der Waals surface area contributed by atoms with Crippen molar-refractivity contribution in [1.82, 2.24) is 4.90 Å². The number of nitrogens with zero attached hydrogens (tertiary/aromatic N) is 2. The maximum atomic E-state index is 8.48. The molecule has 0 spiro atoms. The molecule has 0 aromatic rings. The first kappa shape index (κ1) is 19.1. The van der Waals surface area contributed by atoms with Gasteiger partial charge in [-0.15, -0.1) is 0 Å². The number of quaternary nitrogens is 1. The van der Waals surface area contributed by atoms with Crippen LogP contribution in [0.25, 0.3) is 0 Å². The highest BCUT2D eigenvalue weighted by Gasteiger charge is 2.02. The molecule has 0 radical (unpaired) electrons. The molecule has 0 aromatic heterocycles. The molecule has 0 saturated heterocycles. The van der Waals surface area contributed by atoms with Gasteiger partial charge in [-0.1, -0.05) is 0 Å². The minimum absolute atomic E-state index is 0.0694. The van der Waals surface area contributed by atoms with Crippen molar-refractivity contribution in [1.29, 1.82) is 0 Å². The number of aliphatic hydroxyl groups excluding tert-OH is 4. The molecule has 0 saturated carbocycles. The van der Waals surface area contributed by atoms with Crippen LogP contribution in [0, 0.1) is 0 Å². The lowest BCUT2D eigenvalue weighted by Gasteiger charge is -2.21. The van der Waals surface area contributed by atoms with E-state index in [4.69, 9.17) is 20.4 Å². The molecule has 0 atom stereocenters. The molecular formula is C11H29N2O4+. The third-order valence-corrected chi connectivity index (χ3v) is 2.02. The summed E-state index contributed by atoms with van der Waals surface area (Å²) < 4.78 is 0.844. The Kier molecular flexibility index (Phi) is 13.7. The van der Waals surface area contributed by atoms with Crippen LogP contribution in [0.4, 0.5) is 0 Å². The van der Waals surface area contributed by atoms with Crippen LogP contribution in [-0.4, -0.2) is 104 Å². The summed E-state index contributed by atoms with van der Waals surface area (Å²) in [5.74, 6) is 0. The van der Waals surface area contributed by atoms with Crippen molar-refractivity contribution in [3.8, 4) is 0 Å². The number of hydrogen-bond acceptors (Lipinski definition) is 5. The highest BCUT2D eigenvalue weighted by atomic mass is 16.3. The monoisotopic (exact) mass is 253 g/mol. The predicted octanol–water partition coefficient (Wildman–Crippen LogP) is -2.05. The molecule has 0 unspecified atom stereocenters. The molecule has 4 N–H and O–H groups in total. The second-order valence-electron chi connectivity index (χ2n) is 4.75. The molecule has 6 nitrogen and oxygen atoms in total. The van der Waals surface area contributed by atoms with E-state index in [1.807, 2.05) is 0 Å². The number of likely N-dealkylation sites (N-methyl/N-ethyl adjacent to an activating group) is 1. The van der Waals surface area contributed by atoms with Gasteiger partial charge in [-0.25, -0.2) is 0 Å². The molecule has 0 heterocycles. The Morgan fingerprint density at radius 1 is 0.706 bits per heavy atom. The Balaban J connectivity index is 0. The second kappa shape index (κ2) is 12.2. The van der Waals surface area contributed by atoms with Crippen molar-refractivity contribution in [2.24, 2.45) is 0 Å². The normalized spacial score (nSPS) is 11.3. The Morgan fingerprint density at radius 2 is 1.06 bits per heavy atom. The molecule has 0 aromatic carbocycles. The third kappa shape index (κ3) is 18.3. The maximum absolute atomic E-state index is 8.48. The molecule has 0 rings (SSSR count). The summed E-state index contributed by atoms with van der Waals surface area (Å²) in [6.45, 7) is 2.87. The summed E-state index contributed by atoms with van der Waals surface area (Å²) in [6.07, 6.45) is 0. The Morgan fingerprint density at radius 3 is 1.18 bits per heavy atom. The van der Waals surface area contributed by atoms with Crippen molar-refractivity contribution in [3.05, 3.63) is 0 Å². The zero-order valence-corrected chi connectivity index (χ0v) is 11.3. The first-order chi connectivity index (χ1) is 7.91. The van der Waals surface area contributed by atoms with Crippen LogP contribution in [0.15, 0.2) is 0 Å². The van der Waals surface area contributed by atoms with E-state index in [9.17, 15) is 0 Å². The lowest BCUT2D eigenvalue weighted by Crippen LogP contribution is -2.36. The van der Waals surface area contributed by atoms with Gasteiger partial charge in [0.25, 0.3) is 0 Å². The maximum Gasteiger partial charge on any atom is 0.101 e. The van der Waals surface area contributed by atoms with Gasteiger partial charge >= 0.3 is 0 Å². The summed E-state index contributed by atoms with van der Waals surface area (Å²) >= 11 is 0. The summed E-state index contributed by atoms with van der Waals surface area (Å²) in [4.78, 5) is 1.79. The van der Waals surface area contributed by atoms with E-state index in [0.29, 0.717) is 19.6 Å². The van der Waals surface area contributed by atoms with E-state index in [-0.39, 0.29) is 26.4 Å². The topological polar surface area (TPSA) is 84.2 Å². The van der Waals surface area contributed by atoms with Gasteiger partial charge in [0.2, 0.25) is 0 Å². The van der Waals surface area contributed by atoms with E-state index in [2.05, 4.69) is 21.1 Å². The highest BCUT2D eigenvalue weighted by molar-refractivity contribution is 4.54. The van der Waals surface area contributed by atoms with Crippen LogP contribution in [0.2, 0.25) is 0 Å². The standard InChI is InChI=1S/C6H15NO3.C5H14NO/c8-4-1-7(2-5-9)3-6-10;1-6(2,3)4-5-7/h8-10H,1-6H2;7H,4-5H2,1-3H3/q;+1. The number of aliphatic hydroxyl groups is 4. The van der Waals surface area contributed by atoms with Gasteiger partial charge in [0.15, 0.2) is 0 Å². The summed E-state index contributed by atoms with van der Waals surface area (Å²) in [6, 6.07) is 0. The van der Waals surface area contributed by atoms with Gasteiger partial charge in [-0.3, -0.25) is 4.90 Å². The molecule has 0 aliphatic carbocycles. The van der Waals surface area contributed by atoms with Gasteiger partial charge in [-0.05, 0) is 0 Å². The number of hydrogen-bond donors (Lipinski definition) is 4. The molecule has 0 amide bonds. The van der Waals surface area contributed by atoms with Crippen LogP contribution in [0.5, 0.6) is 0 Å². The van der Waals surface area contributed by atoms with Crippen LogP contribution < -0.4 is 0 Å². The molecular weight excluding hydrogens is 224 g/mol. The SMILES string of the molecule is C[N+](C)(C)CCO.OCCN(CCO)CCO. The molecule has 0 bridgehead atoms. The first-order valence-electron chi connectivity index (χ1n) is 5.87. The average Bonchev–Trinajstić information content (AvgIpc) is 2.18.